The number of amides is 1. The number of benzene rings is 1. The Morgan fingerprint density at radius 3 is 2.72 bits per heavy atom. The fourth-order valence-corrected chi connectivity index (χ4v) is 2.14. The summed E-state index contributed by atoms with van der Waals surface area (Å²) in [6.07, 6.45) is 5.95. The molecule has 0 aliphatic carbocycles. The Morgan fingerprint density at radius 1 is 1.24 bits per heavy atom. The molecule has 0 spiro atoms. The van der Waals surface area contributed by atoms with Gasteiger partial charge in [0.2, 0.25) is 0 Å². The molecule has 0 saturated heterocycles. The number of aromatic amines is 1. The van der Waals surface area contributed by atoms with E-state index in [1.165, 1.54) is 18.7 Å². The molecule has 0 bridgehead atoms. The second-order valence-electron chi connectivity index (χ2n) is 5.03. The molecule has 0 saturated carbocycles. The minimum atomic E-state index is -0.484. The van der Waals surface area contributed by atoms with E-state index >= 15 is 0 Å². The van der Waals surface area contributed by atoms with Gasteiger partial charge in [-0.05, 0) is 35.9 Å². The van der Waals surface area contributed by atoms with Crippen LogP contribution in [0.1, 0.15) is 21.7 Å². The Labute approximate surface area is 143 Å². The van der Waals surface area contributed by atoms with Crippen molar-refractivity contribution in [2.75, 3.05) is 12.4 Å². The molecule has 3 aromatic rings. The van der Waals surface area contributed by atoms with Crippen molar-refractivity contribution >= 4 is 23.9 Å². The number of H-pyrrole nitrogens is 1. The van der Waals surface area contributed by atoms with E-state index in [1.54, 1.807) is 25.3 Å². The average Bonchev–Trinajstić information content (AvgIpc) is 3.16. The SMILES string of the molecule is COc1ccc(/C=C/c2c(NC(=O)c3ccco3)nc[nH]c2=O)cc1. The van der Waals surface area contributed by atoms with Crippen LogP contribution >= 0.6 is 0 Å². The Morgan fingerprint density at radius 2 is 2.04 bits per heavy atom. The van der Waals surface area contributed by atoms with Crippen LogP contribution in [-0.4, -0.2) is 23.0 Å². The van der Waals surface area contributed by atoms with Gasteiger partial charge < -0.3 is 19.5 Å². The predicted molar refractivity (Wildman–Crippen MR) is 93.4 cm³/mol. The lowest BCUT2D eigenvalue weighted by Gasteiger charge is -2.05. The highest BCUT2D eigenvalue weighted by atomic mass is 16.5. The summed E-state index contributed by atoms with van der Waals surface area (Å²) in [4.78, 5) is 30.7. The molecular formula is C18H15N3O4. The summed E-state index contributed by atoms with van der Waals surface area (Å²) in [7, 11) is 1.59. The number of furan rings is 1. The maximum atomic E-state index is 12.1. The molecule has 0 aliphatic heterocycles. The Kier molecular flexibility index (Phi) is 4.75. The molecule has 2 N–H and O–H groups in total. The predicted octanol–water partition coefficient (Wildman–Crippen LogP) is 2.79. The van der Waals surface area contributed by atoms with Crippen LogP contribution in [0.2, 0.25) is 0 Å². The smallest absolute Gasteiger partial charge is 0.292 e. The van der Waals surface area contributed by atoms with Gasteiger partial charge in [-0.15, -0.1) is 0 Å². The maximum Gasteiger partial charge on any atom is 0.292 e. The number of hydrogen-bond acceptors (Lipinski definition) is 5. The van der Waals surface area contributed by atoms with Gasteiger partial charge in [0, 0.05) is 0 Å². The molecule has 1 amide bonds. The lowest BCUT2D eigenvalue weighted by Crippen LogP contribution is -2.18. The number of nitrogens with zero attached hydrogens (tertiary/aromatic N) is 1. The van der Waals surface area contributed by atoms with Crippen LogP contribution in [0, 0.1) is 0 Å². The van der Waals surface area contributed by atoms with E-state index in [0.29, 0.717) is 0 Å². The van der Waals surface area contributed by atoms with Crippen molar-refractivity contribution in [1.29, 1.82) is 0 Å². The largest absolute Gasteiger partial charge is 0.497 e. The molecule has 1 aromatic carbocycles. The van der Waals surface area contributed by atoms with Crippen LogP contribution in [0.25, 0.3) is 12.2 Å². The number of ether oxygens (including phenoxy) is 1. The van der Waals surface area contributed by atoms with Crippen molar-refractivity contribution in [3.63, 3.8) is 0 Å². The van der Waals surface area contributed by atoms with Crippen molar-refractivity contribution in [3.05, 3.63) is 76.2 Å². The fourth-order valence-electron chi connectivity index (χ4n) is 2.14. The van der Waals surface area contributed by atoms with E-state index in [2.05, 4.69) is 15.3 Å². The van der Waals surface area contributed by atoms with E-state index in [9.17, 15) is 9.59 Å². The third-order valence-electron chi connectivity index (χ3n) is 3.42. The third-order valence-corrected chi connectivity index (χ3v) is 3.42. The van der Waals surface area contributed by atoms with E-state index < -0.39 is 5.91 Å². The van der Waals surface area contributed by atoms with Crippen molar-refractivity contribution in [2.45, 2.75) is 0 Å². The fraction of sp³-hybridized carbons (Fsp3) is 0.0556. The van der Waals surface area contributed by atoms with Gasteiger partial charge in [0.15, 0.2) is 5.76 Å². The van der Waals surface area contributed by atoms with Gasteiger partial charge in [0.05, 0.1) is 25.3 Å². The lowest BCUT2D eigenvalue weighted by molar-refractivity contribution is 0.0996. The summed E-state index contributed by atoms with van der Waals surface area (Å²) >= 11 is 0. The number of carbonyl (C=O) groups excluding carboxylic acids is 1. The molecule has 2 heterocycles. The summed E-state index contributed by atoms with van der Waals surface area (Å²) in [6.45, 7) is 0. The van der Waals surface area contributed by atoms with E-state index in [-0.39, 0.29) is 22.7 Å². The van der Waals surface area contributed by atoms with Crippen LogP contribution < -0.4 is 15.6 Å². The minimum Gasteiger partial charge on any atom is -0.497 e. The van der Waals surface area contributed by atoms with Crippen LogP contribution in [-0.2, 0) is 0 Å². The summed E-state index contributed by atoms with van der Waals surface area (Å²) in [5.74, 6) is 0.534. The normalized spacial score (nSPS) is 10.8. The maximum absolute atomic E-state index is 12.1. The zero-order valence-electron chi connectivity index (χ0n) is 13.4. The van der Waals surface area contributed by atoms with Crippen molar-refractivity contribution in [1.82, 2.24) is 9.97 Å². The summed E-state index contributed by atoms with van der Waals surface area (Å²) in [5, 5.41) is 2.57. The molecule has 25 heavy (non-hydrogen) atoms. The molecule has 126 valence electrons. The van der Waals surface area contributed by atoms with E-state index in [1.807, 2.05) is 24.3 Å². The van der Waals surface area contributed by atoms with Crippen molar-refractivity contribution in [3.8, 4) is 5.75 Å². The zero-order valence-corrected chi connectivity index (χ0v) is 13.4. The molecule has 3 rings (SSSR count). The first-order valence-corrected chi connectivity index (χ1v) is 7.42. The summed E-state index contributed by atoms with van der Waals surface area (Å²) < 4.78 is 10.1. The van der Waals surface area contributed by atoms with Gasteiger partial charge in [0.25, 0.3) is 11.5 Å². The van der Waals surface area contributed by atoms with Gasteiger partial charge in [-0.25, -0.2) is 4.98 Å². The standard InChI is InChI=1S/C18H15N3O4/c1-24-13-7-4-12(5-8-13)6-9-14-16(19-11-20-17(14)22)21-18(23)15-3-2-10-25-15/h2-11H,1H3,(H2,19,20,21,22,23)/b9-6+. The highest BCUT2D eigenvalue weighted by molar-refractivity contribution is 6.02. The van der Waals surface area contributed by atoms with Crippen LogP contribution in [0.5, 0.6) is 5.75 Å². The summed E-state index contributed by atoms with van der Waals surface area (Å²) in [5.41, 5.74) is 0.736. The zero-order chi connectivity index (χ0) is 17.6. The highest BCUT2D eigenvalue weighted by Gasteiger charge is 2.13. The molecule has 0 fully saturated rings. The second-order valence-corrected chi connectivity index (χ2v) is 5.03. The molecule has 0 radical (unpaired) electrons. The number of carbonyl (C=O) groups is 1. The number of aromatic nitrogens is 2. The lowest BCUT2D eigenvalue weighted by atomic mass is 10.1. The van der Waals surface area contributed by atoms with Crippen LogP contribution in [0.15, 0.2) is 58.2 Å². The quantitative estimate of drug-likeness (QED) is 0.746. The van der Waals surface area contributed by atoms with Crippen LogP contribution in [0.3, 0.4) is 0 Å². The Bertz CT molecular complexity index is 941. The molecule has 2 aromatic heterocycles. The first-order chi connectivity index (χ1) is 12.2. The van der Waals surface area contributed by atoms with Gasteiger partial charge in [0.1, 0.15) is 11.6 Å². The number of rotatable bonds is 5. The van der Waals surface area contributed by atoms with Gasteiger partial charge in [-0.1, -0.05) is 18.2 Å². The number of hydrogen-bond donors (Lipinski definition) is 2. The minimum absolute atomic E-state index is 0.132. The van der Waals surface area contributed by atoms with E-state index in [0.717, 1.165) is 11.3 Å². The monoisotopic (exact) mass is 337 g/mol. The number of anilines is 1. The van der Waals surface area contributed by atoms with Gasteiger partial charge in [-0.3, -0.25) is 9.59 Å². The average molecular weight is 337 g/mol. The first-order valence-electron chi connectivity index (χ1n) is 7.42. The summed E-state index contributed by atoms with van der Waals surface area (Å²) in [6, 6.07) is 10.4. The topological polar surface area (TPSA) is 97.2 Å². The number of methoxy groups -OCH3 is 1. The molecule has 0 atom stereocenters. The Hall–Kier alpha value is -3.61. The third kappa shape index (κ3) is 3.84. The first kappa shape index (κ1) is 16.3. The van der Waals surface area contributed by atoms with Gasteiger partial charge in [-0.2, -0.15) is 0 Å². The molecule has 0 aliphatic rings. The van der Waals surface area contributed by atoms with Crippen LogP contribution in [0.4, 0.5) is 5.82 Å². The molecular weight excluding hydrogens is 322 g/mol. The molecule has 7 nitrogen and oxygen atoms in total. The van der Waals surface area contributed by atoms with E-state index in [4.69, 9.17) is 9.15 Å². The van der Waals surface area contributed by atoms with Gasteiger partial charge >= 0.3 is 0 Å². The highest BCUT2D eigenvalue weighted by Crippen LogP contribution is 2.16. The second kappa shape index (κ2) is 7.31. The number of nitrogens with one attached hydrogen (secondary N) is 2. The Balaban J connectivity index is 1.86. The molecule has 7 heteroatoms. The van der Waals surface area contributed by atoms with Crippen molar-refractivity contribution in [2.24, 2.45) is 0 Å². The van der Waals surface area contributed by atoms with Crippen molar-refractivity contribution < 1.29 is 13.9 Å². The molecule has 0 unspecified atom stereocenters.